The van der Waals surface area contributed by atoms with E-state index in [9.17, 15) is 13.2 Å². The number of amides is 1. The van der Waals surface area contributed by atoms with Gasteiger partial charge in [-0.05, 0) is 55.7 Å². The Morgan fingerprint density at radius 2 is 1.96 bits per heavy atom. The van der Waals surface area contributed by atoms with E-state index in [-0.39, 0.29) is 23.3 Å². The molecule has 1 N–H and O–H groups in total. The zero-order valence-corrected chi connectivity index (χ0v) is 14.8. The maximum atomic E-state index is 11.8. The zero-order valence-electron chi connectivity index (χ0n) is 13.3. The van der Waals surface area contributed by atoms with Crippen molar-refractivity contribution < 1.29 is 13.2 Å². The fourth-order valence-electron chi connectivity index (χ4n) is 2.86. The molecule has 2 rings (SSSR count). The first-order valence-electron chi connectivity index (χ1n) is 8.16. The Hall–Kier alpha value is -1.07. The molecule has 1 amide bonds. The van der Waals surface area contributed by atoms with Gasteiger partial charge in [0.15, 0.2) is 9.84 Å². The number of unbranched alkanes of at least 4 members (excludes halogenated alkanes) is 1. The fraction of sp³-hybridized carbons (Fsp3) is 0.588. The Kier molecular flexibility index (Phi) is 6.90. The second-order valence-electron chi connectivity index (χ2n) is 6.24. The Morgan fingerprint density at radius 1 is 1.22 bits per heavy atom. The van der Waals surface area contributed by atoms with Crippen LogP contribution in [0.4, 0.5) is 0 Å². The summed E-state index contributed by atoms with van der Waals surface area (Å²) in [5, 5.41) is 3.66. The zero-order chi connectivity index (χ0) is 16.7. The minimum Gasteiger partial charge on any atom is -0.356 e. The SMILES string of the molecule is O=C(CCC1CCS(=O)(=O)C1)NCCCCc1ccc(Cl)cc1. The highest BCUT2D eigenvalue weighted by Gasteiger charge is 2.27. The van der Waals surface area contributed by atoms with Gasteiger partial charge in [-0.2, -0.15) is 0 Å². The van der Waals surface area contributed by atoms with Crippen molar-refractivity contribution in [3.8, 4) is 0 Å². The molecule has 4 nitrogen and oxygen atoms in total. The quantitative estimate of drug-likeness (QED) is 0.727. The van der Waals surface area contributed by atoms with Gasteiger partial charge >= 0.3 is 0 Å². The van der Waals surface area contributed by atoms with Crippen LogP contribution in [0.15, 0.2) is 24.3 Å². The third kappa shape index (κ3) is 6.92. The second-order valence-corrected chi connectivity index (χ2v) is 8.91. The van der Waals surface area contributed by atoms with Gasteiger partial charge in [-0.15, -0.1) is 0 Å². The van der Waals surface area contributed by atoms with Crippen LogP contribution in [0.25, 0.3) is 0 Å². The molecule has 1 unspecified atom stereocenters. The fourth-order valence-corrected chi connectivity index (χ4v) is 4.89. The Morgan fingerprint density at radius 3 is 2.61 bits per heavy atom. The summed E-state index contributed by atoms with van der Waals surface area (Å²) in [5.41, 5.74) is 1.25. The van der Waals surface area contributed by atoms with Gasteiger partial charge in [-0.1, -0.05) is 23.7 Å². The molecule has 128 valence electrons. The third-order valence-electron chi connectivity index (χ3n) is 4.23. The van der Waals surface area contributed by atoms with Crippen LogP contribution in [0, 0.1) is 5.92 Å². The van der Waals surface area contributed by atoms with Crippen LogP contribution in [-0.2, 0) is 21.1 Å². The summed E-state index contributed by atoms with van der Waals surface area (Å²) in [4.78, 5) is 11.8. The van der Waals surface area contributed by atoms with E-state index in [2.05, 4.69) is 5.32 Å². The number of carbonyl (C=O) groups is 1. The van der Waals surface area contributed by atoms with Crippen molar-refractivity contribution in [3.05, 3.63) is 34.9 Å². The lowest BCUT2D eigenvalue weighted by Crippen LogP contribution is -2.25. The van der Waals surface area contributed by atoms with Crippen LogP contribution >= 0.6 is 11.6 Å². The van der Waals surface area contributed by atoms with E-state index >= 15 is 0 Å². The minimum absolute atomic E-state index is 0.0285. The molecule has 1 saturated heterocycles. The van der Waals surface area contributed by atoms with E-state index in [1.165, 1.54) is 5.56 Å². The highest BCUT2D eigenvalue weighted by Crippen LogP contribution is 2.22. The molecule has 1 aliphatic rings. The Balaban J connectivity index is 1.52. The molecule has 0 aliphatic carbocycles. The van der Waals surface area contributed by atoms with E-state index in [1.54, 1.807) is 0 Å². The second kappa shape index (κ2) is 8.69. The normalized spacial score (nSPS) is 19.6. The van der Waals surface area contributed by atoms with Crippen molar-refractivity contribution in [2.75, 3.05) is 18.1 Å². The first kappa shape index (κ1) is 18.3. The van der Waals surface area contributed by atoms with Gasteiger partial charge in [-0.25, -0.2) is 8.42 Å². The molecular formula is C17H24ClNO3S. The van der Waals surface area contributed by atoms with Crippen LogP contribution in [0.3, 0.4) is 0 Å². The van der Waals surface area contributed by atoms with Gasteiger partial charge < -0.3 is 5.32 Å². The van der Waals surface area contributed by atoms with Crippen LogP contribution in [0.1, 0.15) is 37.7 Å². The number of sulfone groups is 1. The van der Waals surface area contributed by atoms with E-state index in [0.717, 1.165) is 24.3 Å². The van der Waals surface area contributed by atoms with Crippen LogP contribution < -0.4 is 5.32 Å². The molecule has 0 spiro atoms. The number of aryl methyl sites for hydroxylation is 1. The summed E-state index contributed by atoms with van der Waals surface area (Å²) in [6, 6.07) is 7.83. The predicted molar refractivity (Wildman–Crippen MR) is 93.4 cm³/mol. The third-order valence-corrected chi connectivity index (χ3v) is 6.32. The molecule has 1 heterocycles. The van der Waals surface area contributed by atoms with Crippen molar-refractivity contribution in [1.29, 1.82) is 0 Å². The van der Waals surface area contributed by atoms with Crippen LogP contribution in [0.2, 0.25) is 5.02 Å². The summed E-state index contributed by atoms with van der Waals surface area (Å²) in [6.45, 7) is 0.676. The molecule has 1 aromatic rings. The maximum Gasteiger partial charge on any atom is 0.220 e. The van der Waals surface area contributed by atoms with Gasteiger partial charge in [0.1, 0.15) is 0 Å². The Labute approximate surface area is 143 Å². The number of hydrogen-bond donors (Lipinski definition) is 1. The number of hydrogen-bond acceptors (Lipinski definition) is 3. The lowest BCUT2D eigenvalue weighted by molar-refractivity contribution is -0.121. The molecule has 23 heavy (non-hydrogen) atoms. The van der Waals surface area contributed by atoms with Gasteiger partial charge in [0, 0.05) is 18.0 Å². The van der Waals surface area contributed by atoms with E-state index in [4.69, 9.17) is 11.6 Å². The molecule has 0 radical (unpaired) electrons. The molecule has 1 atom stereocenters. The summed E-state index contributed by atoms with van der Waals surface area (Å²) >= 11 is 5.84. The van der Waals surface area contributed by atoms with Crippen molar-refractivity contribution >= 4 is 27.3 Å². The van der Waals surface area contributed by atoms with E-state index in [1.807, 2.05) is 24.3 Å². The van der Waals surface area contributed by atoms with Crippen molar-refractivity contribution in [2.24, 2.45) is 5.92 Å². The highest BCUT2D eigenvalue weighted by molar-refractivity contribution is 7.91. The minimum atomic E-state index is -2.84. The largest absolute Gasteiger partial charge is 0.356 e. The average molecular weight is 358 g/mol. The van der Waals surface area contributed by atoms with Crippen LogP contribution in [-0.4, -0.2) is 32.4 Å². The number of carbonyl (C=O) groups excluding carboxylic acids is 1. The Bertz CT molecular complexity index is 613. The maximum absolute atomic E-state index is 11.8. The van der Waals surface area contributed by atoms with E-state index in [0.29, 0.717) is 25.8 Å². The molecule has 1 aromatic carbocycles. The van der Waals surface area contributed by atoms with Gasteiger partial charge in [0.05, 0.1) is 11.5 Å². The molecule has 0 bridgehead atoms. The summed E-state index contributed by atoms with van der Waals surface area (Å²) in [6.07, 6.45) is 4.74. The predicted octanol–water partition coefficient (Wildman–Crippen LogP) is 2.99. The number of benzene rings is 1. The molecule has 0 aromatic heterocycles. The number of halogens is 1. The molecule has 6 heteroatoms. The average Bonchev–Trinajstić information content (AvgIpc) is 2.86. The smallest absolute Gasteiger partial charge is 0.220 e. The summed E-state index contributed by atoms with van der Waals surface area (Å²) in [5.74, 6) is 0.724. The number of nitrogens with one attached hydrogen (secondary N) is 1. The van der Waals surface area contributed by atoms with Crippen molar-refractivity contribution in [1.82, 2.24) is 5.32 Å². The van der Waals surface area contributed by atoms with Gasteiger partial charge in [0.25, 0.3) is 0 Å². The monoisotopic (exact) mass is 357 g/mol. The lowest BCUT2D eigenvalue weighted by atomic mass is 10.0. The van der Waals surface area contributed by atoms with Gasteiger partial charge in [0.2, 0.25) is 5.91 Å². The van der Waals surface area contributed by atoms with Crippen molar-refractivity contribution in [2.45, 2.75) is 38.5 Å². The molecule has 1 aliphatic heterocycles. The topological polar surface area (TPSA) is 63.2 Å². The molecule has 1 fully saturated rings. The highest BCUT2D eigenvalue weighted by atomic mass is 35.5. The van der Waals surface area contributed by atoms with Gasteiger partial charge in [-0.3, -0.25) is 4.79 Å². The standard InChI is InChI=1S/C17H24ClNO3S/c18-16-7-4-14(5-8-16)3-1-2-11-19-17(20)9-6-15-10-12-23(21,22)13-15/h4-5,7-8,15H,1-3,6,9-13H2,(H,19,20). The summed E-state index contributed by atoms with van der Waals surface area (Å²) in [7, 11) is -2.84. The molecular weight excluding hydrogens is 334 g/mol. The summed E-state index contributed by atoms with van der Waals surface area (Å²) < 4.78 is 22.7. The van der Waals surface area contributed by atoms with E-state index < -0.39 is 9.84 Å². The first-order chi connectivity index (χ1) is 10.9. The number of rotatable bonds is 8. The lowest BCUT2D eigenvalue weighted by Gasteiger charge is -2.08. The van der Waals surface area contributed by atoms with Crippen molar-refractivity contribution in [3.63, 3.8) is 0 Å². The first-order valence-corrected chi connectivity index (χ1v) is 10.4. The van der Waals surface area contributed by atoms with Crippen LogP contribution in [0.5, 0.6) is 0 Å². The molecule has 0 saturated carbocycles.